The number of hydrogen-bond donors (Lipinski definition) is 1. The Hall–Kier alpha value is -1.98. The number of rotatable bonds is 3. The summed E-state index contributed by atoms with van der Waals surface area (Å²) in [6.07, 6.45) is 0. The van der Waals surface area contributed by atoms with E-state index in [2.05, 4.69) is 5.32 Å². The summed E-state index contributed by atoms with van der Waals surface area (Å²) in [5.41, 5.74) is 2.30. The van der Waals surface area contributed by atoms with E-state index in [1.165, 1.54) is 0 Å². The summed E-state index contributed by atoms with van der Waals surface area (Å²) in [6, 6.07) is 9.04. The Labute approximate surface area is 130 Å². The lowest BCUT2D eigenvalue weighted by atomic mass is 10.3. The molecular formula is C15H13ClN2O2S. The van der Waals surface area contributed by atoms with Crippen LogP contribution in [-0.4, -0.2) is 17.6 Å². The molecule has 0 atom stereocenters. The summed E-state index contributed by atoms with van der Waals surface area (Å²) in [7, 11) is 3.43. The Morgan fingerprint density at radius 1 is 1.33 bits per heavy atom. The number of halogens is 1. The molecule has 0 aliphatic heterocycles. The predicted octanol–water partition coefficient (Wildman–Crippen LogP) is 4.15. The van der Waals surface area contributed by atoms with Crippen molar-refractivity contribution in [1.29, 1.82) is 0 Å². The number of ether oxygens (including phenoxy) is 1. The molecule has 3 rings (SSSR count). The number of thiophene rings is 1. The van der Waals surface area contributed by atoms with Gasteiger partial charge >= 0.3 is 0 Å². The number of carbonyl (C=O) groups excluding carboxylic acids is 1. The first-order valence-electron chi connectivity index (χ1n) is 6.28. The molecule has 1 aromatic carbocycles. The average Bonchev–Trinajstić information content (AvgIpc) is 3.02. The number of amides is 1. The van der Waals surface area contributed by atoms with E-state index in [0.29, 0.717) is 22.2 Å². The number of benzene rings is 1. The van der Waals surface area contributed by atoms with Crippen LogP contribution in [0.1, 0.15) is 10.5 Å². The molecule has 4 nitrogen and oxygen atoms in total. The second-order valence-electron chi connectivity index (χ2n) is 4.56. The highest BCUT2D eigenvalue weighted by molar-refractivity contribution is 7.17. The fourth-order valence-corrected chi connectivity index (χ4v) is 3.31. The largest absolute Gasteiger partial charge is 0.495 e. The lowest BCUT2D eigenvalue weighted by molar-refractivity contribution is 0.102. The minimum Gasteiger partial charge on any atom is -0.495 e. The number of aryl methyl sites for hydroxylation is 1. The van der Waals surface area contributed by atoms with Crippen molar-refractivity contribution in [2.45, 2.75) is 0 Å². The number of nitrogens with zero attached hydrogens (tertiary/aromatic N) is 1. The van der Waals surface area contributed by atoms with Gasteiger partial charge in [-0.1, -0.05) is 11.6 Å². The van der Waals surface area contributed by atoms with Gasteiger partial charge in [-0.3, -0.25) is 4.79 Å². The number of hydrogen-bond acceptors (Lipinski definition) is 3. The second kappa shape index (κ2) is 5.42. The van der Waals surface area contributed by atoms with Crippen LogP contribution in [0.25, 0.3) is 10.2 Å². The minimum atomic E-state index is -0.165. The van der Waals surface area contributed by atoms with Crippen molar-refractivity contribution in [3.8, 4) is 5.75 Å². The number of aromatic nitrogens is 1. The van der Waals surface area contributed by atoms with Crippen LogP contribution in [-0.2, 0) is 7.05 Å². The Morgan fingerprint density at radius 3 is 2.81 bits per heavy atom. The van der Waals surface area contributed by atoms with E-state index in [1.54, 1.807) is 36.6 Å². The molecule has 0 aliphatic rings. The summed E-state index contributed by atoms with van der Waals surface area (Å²) in [5.74, 6) is 0.413. The van der Waals surface area contributed by atoms with Crippen LogP contribution in [0.2, 0.25) is 5.02 Å². The molecule has 0 saturated carbocycles. The molecule has 0 fully saturated rings. The highest BCUT2D eigenvalue weighted by Gasteiger charge is 2.14. The van der Waals surface area contributed by atoms with Crippen LogP contribution in [0.5, 0.6) is 5.75 Å². The molecule has 2 aromatic heterocycles. The van der Waals surface area contributed by atoms with Crippen molar-refractivity contribution >= 4 is 44.7 Å². The van der Waals surface area contributed by atoms with Crippen molar-refractivity contribution < 1.29 is 9.53 Å². The molecule has 1 N–H and O–H groups in total. The summed E-state index contributed by atoms with van der Waals surface area (Å²) in [6.45, 7) is 0. The Morgan fingerprint density at radius 2 is 2.14 bits per heavy atom. The van der Waals surface area contributed by atoms with Crippen LogP contribution in [0.4, 0.5) is 5.69 Å². The van der Waals surface area contributed by atoms with E-state index in [1.807, 2.05) is 29.1 Å². The highest BCUT2D eigenvalue weighted by atomic mass is 35.5. The van der Waals surface area contributed by atoms with Crippen LogP contribution >= 0.6 is 22.9 Å². The molecule has 0 aliphatic carbocycles. The predicted molar refractivity (Wildman–Crippen MR) is 86.8 cm³/mol. The molecule has 0 radical (unpaired) electrons. The van der Waals surface area contributed by atoms with Gasteiger partial charge < -0.3 is 14.6 Å². The molecular weight excluding hydrogens is 308 g/mol. The summed E-state index contributed by atoms with van der Waals surface area (Å²) < 4.78 is 8.07. The Bertz CT molecular complexity index is 822. The fourth-order valence-electron chi connectivity index (χ4n) is 2.21. The Kier molecular flexibility index (Phi) is 3.61. The first kappa shape index (κ1) is 14.0. The van der Waals surface area contributed by atoms with Crippen molar-refractivity contribution in [2.24, 2.45) is 7.05 Å². The third-order valence-electron chi connectivity index (χ3n) is 3.31. The molecule has 0 saturated heterocycles. The number of methoxy groups -OCH3 is 1. The zero-order chi connectivity index (χ0) is 15.0. The van der Waals surface area contributed by atoms with Gasteiger partial charge in [-0.15, -0.1) is 11.3 Å². The molecule has 0 spiro atoms. The van der Waals surface area contributed by atoms with Gasteiger partial charge in [0.15, 0.2) is 0 Å². The molecule has 6 heteroatoms. The maximum Gasteiger partial charge on any atom is 0.272 e. The summed E-state index contributed by atoms with van der Waals surface area (Å²) >= 11 is 7.67. The lowest BCUT2D eigenvalue weighted by Gasteiger charge is -2.08. The number of carbonyl (C=O) groups is 1. The molecule has 1 amide bonds. The van der Waals surface area contributed by atoms with E-state index >= 15 is 0 Å². The van der Waals surface area contributed by atoms with Gasteiger partial charge in [-0.25, -0.2) is 0 Å². The van der Waals surface area contributed by atoms with Crippen LogP contribution < -0.4 is 10.1 Å². The van der Waals surface area contributed by atoms with Gasteiger partial charge in [0.2, 0.25) is 0 Å². The summed E-state index contributed by atoms with van der Waals surface area (Å²) in [5, 5.41) is 5.32. The van der Waals surface area contributed by atoms with E-state index in [9.17, 15) is 4.79 Å². The SMILES string of the molecule is COc1ccc(NC(=O)c2cc3sccc3n2C)cc1Cl. The monoisotopic (exact) mass is 320 g/mol. The van der Waals surface area contributed by atoms with Gasteiger partial charge in [0.1, 0.15) is 11.4 Å². The maximum atomic E-state index is 12.4. The Balaban J connectivity index is 1.87. The van der Waals surface area contributed by atoms with Gasteiger partial charge in [0, 0.05) is 12.7 Å². The number of nitrogens with one attached hydrogen (secondary N) is 1. The van der Waals surface area contributed by atoms with Gasteiger partial charge in [0.25, 0.3) is 5.91 Å². The van der Waals surface area contributed by atoms with Crippen LogP contribution in [0, 0.1) is 0 Å². The molecule has 3 aromatic rings. The number of fused-ring (bicyclic) bond motifs is 1. The molecule has 108 valence electrons. The third-order valence-corrected chi connectivity index (χ3v) is 4.45. The van der Waals surface area contributed by atoms with Crippen molar-refractivity contribution in [3.05, 3.63) is 46.4 Å². The standard InChI is InChI=1S/C15H13ClN2O2S/c1-18-11-5-6-21-14(11)8-12(18)15(19)17-9-3-4-13(20-2)10(16)7-9/h3-8H,1-2H3,(H,17,19). The van der Waals surface area contributed by atoms with E-state index < -0.39 is 0 Å². The van der Waals surface area contributed by atoms with Gasteiger partial charge in [0.05, 0.1) is 22.3 Å². The quantitative estimate of drug-likeness (QED) is 0.787. The van der Waals surface area contributed by atoms with Crippen molar-refractivity contribution in [2.75, 3.05) is 12.4 Å². The van der Waals surface area contributed by atoms with Crippen molar-refractivity contribution in [3.63, 3.8) is 0 Å². The van der Waals surface area contributed by atoms with E-state index in [-0.39, 0.29) is 5.91 Å². The average molecular weight is 321 g/mol. The van der Waals surface area contributed by atoms with Crippen molar-refractivity contribution in [1.82, 2.24) is 4.57 Å². The van der Waals surface area contributed by atoms with Gasteiger partial charge in [-0.05, 0) is 35.7 Å². The molecule has 2 heterocycles. The zero-order valence-electron chi connectivity index (χ0n) is 11.5. The topological polar surface area (TPSA) is 43.3 Å². The smallest absolute Gasteiger partial charge is 0.272 e. The fraction of sp³-hybridized carbons (Fsp3) is 0.133. The molecule has 0 unspecified atom stereocenters. The first-order chi connectivity index (χ1) is 10.1. The second-order valence-corrected chi connectivity index (χ2v) is 5.92. The first-order valence-corrected chi connectivity index (χ1v) is 7.53. The zero-order valence-corrected chi connectivity index (χ0v) is 13.1. The third kappa shape index (κ3) is 2.50. The van der Waals surface area contributed by atoms with E-state index in [0.717, 1.165) is 10.2 Å². The molecule has 21 heavy (non-hydrogen) atoms. The van der Waals surface area contributed by atoms with Crippen LogP contribution in [0.15, 0.2) is 35.7 Å². The number of anilines is 1. The molecule has 0 bridgehead atoms. The van der Waals surface area contributed by atoms with E-state index in [4.69, 9.17) is 16.3 Å². The highest BCUT2D eigenvalue weighted by Crippen LogP contribution is 2.28. The normalized spacial score (nSPS) is 10.8. The van der Waals surface area contributed by atoms with Crippen LogP contribution in [0.3, 0.4) is 0 Å². The van der Waals surface area contributed by atoms with Gasteiger partial charge in [-0.2, -0.15) is 0 Å². The summed E-state index contributed by atoms with van der Waals surface area (Å²) in [4.78, 5) is 12.4. The maximum absolute atomic E-state index is 12.4. The minimum absolute atomic E-state index is 0.165. The lowest BCUT2D eigenvalue weighted by Crippen LogP contribution is -2.15.